The minimum atomic E-state index is 0.0469. The first-order chi connectivity index (χ1) is 12.1. The summed E-state index contributed by atoms with van der Waals surface area (Å²) in [6, 6.07) is 0. The molecule has 0 saturated heterocycles. The van der Waals surface area contributed by atoms with Crippen LogP contribution in [0.25, 0.3) is 0 Å². The number of hydrogen-bond donors (Lipinski definition) is 0. The summed E-state index contributed by atoms with van der Waals surface area (Å²) in [6.07, 6.45) is 8.02. The molecule has 3 fully saturated rings. The quantitative estimate of drug-likeness (QED) is 0.523. The van der Waals surface area contributed by atoms with Gasteiger partial charge in [-0.1, -0.05) is 0 Å². The maximum absolute atomic E-state index is 5.74. The van der Waals surface area contributed by atoms with E-state index in [1.807, 2.05) is 0 Å². The Morgan fingerprint density at radius 3 is 1.11 bits per heavy atom. The van der Waals surface area contributed by atoms with Crippen molar-refractivity contribution in [2.45, 2.75) is 130 Å². The van der Waals surface area contributed by atoms with Crippen LogP contribution < -0.4 is 0 Å². The standard InChI is InChI=1S/3C8H16O/c1-7(2,3)9-8(4)5-6-8;2*1-8(2,3)9-6-7-4-5-7/h5-6H2,1-4H3;2*7H,4-6H2,1-3H3. The summed E-state index contributed by atoms with van der Waals surface area (Å²) in [7, 11) is 0. The second kappa shape index (κ2) is 9.59. The molecular formula is C24H48O3. The average Bonchev–Trinajstić information content (AvgIpc) is 3.28. The normalized spacial score (nSPS) is 21.6. The Morgan fingerprint density at radius 2 is 0.963 bits per heavy atom. The fourth-order valence-corrected chi connectivity index (χ4v) is 2.32. The molecule has 3 aliphatic carbocycles. The largest absolute Gasteiger partial charge is 0.376 e. The van der Waals surface area contributed by atoms with Crippen LogP contribution in [0.3, 0.4) is 0 Å². The van der Waals surface area contributed by atoms with Crippen molar-refractivity contribution in [3.05, 3.63) is 0 Å². The van der Waals surface area contributed by atoms with Gasteiger partial charge in [0, 0.05) is 0 Å². The van der Waals surface area contributed by atoms with E-state index in [2.05, 4.69) is 69.2 Å². The minimum absolute atomic E-state index is 0.0469. The van der Waals surface area contributed by atoms with Gasteiger partial charge < -0.3 is 14.2 Å². The summed E-state index contributed by atoms with van der Waals surface area (Å²) in [5.41, 5.74) is 0.425. The maximum atomic E-state index is 5.74. The lowest BCUT2D eigenvalue weighted by molar-refractivity contribution is -0.0666. The van der Waals surface area contributed by atoms with Gasteiger partial charge in [-0.05, 0) is 120 Å². The van der Waals surface area contributed by atoms with E-state index >= 15 is 0 Å². The van der Waals surface area contributed by atoms with E-state index in [4.69, 9.17) is 14.2 Å². The Hall–Kier alpha value is -0.120. The highest BCUT2D eigenvalue weighted by molar-refractivity contribution is 4.92. The molecule has 0 aromatic heterocycles. The van der Waals surface area contributed by atoms with E-state index in [9.17, 15) is 0 Å². The fraction of sp³-hybridized carbons (Fsp3) is 1.00. The van der Waals surface area contributed by atoms with Crippen LogP contribution in [-0.4, -0.2) is 35.6 Å². The summed E-state index contributed by atoms with van der Waals surface area (Å²) in [5, 5.41) is 0. The molecule has 3 heteroatoms. The Kier molecular flexibility index (Phi) is 8.85. The predicted molar refractivity (Wildman–Crippen MR) is 115 cm³/mol. The van der Waals surface area contributed by atoms with Gasteiger partial charge in [-0.2, -0.15) is 0 Å². The molecule has 0 aliphatic heterocycles. The summed E-state index contributed by atoms with van der Waals surface area (Å²) in [6.45, 7) is 23.1. The van der Waals surface area contributed by atoms with Crippen LogP contribution in [-0.2, 0) is 14.2 Å². The van der Waals surface area contributed by atoms with Gasteiger partial charge in [0.1, 0.15) is 0 Å². The summed E-state index contributed by atoms with van der Waals surface area (Å²) in [5.74, 6) is 1.79. The first kappa shape index (κ1) is 24.9. The molecule has 3 nitrogen and oxygen atoms in total. The molecule has 0 atom stereocenters. The van der Waals surface area contributed by atoms with Crippen LogP contribution in [0, 0.1) is 11.8 Å². The zero-order chi connectivity index (χ0) is 20.9. The van der Waals surface area contributed by atoms with Gasteiger partial charge >= 0.3 is 0 Å². The van der Waals surface area contributed by atoms with Crippen molar-refractivity contribution in [3.63, 3.8) is 0 Å². The second-order valence-corrected chi connectivity index (χ2v) is 11.9. The minimum Gasteiger partial charge on any atom is -0.376 e. The second-order valence-electron chi connectivity index (χ2n) is 11.9. The number of rotatable bonds is 5. The Labute approximate surface area is 169 Å². The summed E-state index contributed by atoms with van der Waals surface area (Å²) in [4.78, 5) is 0. The molecule has 0 bridgehead atoms. The topological polar surface area (TPSA) is 27.7 Å². The Balaban J connectivity index is 0.000000202. The molecule has 3 saturated carbocycles. The van der Waals surface area contributed by atoms with E-state index in [0.717, 1.165) is 25.0 Å². The van der Waals surface area contributed by atoms with Gasteiger partial charge in [0.05, 0.1) is 35.6 Å². The third kappa shape index (κ3) is 17.7. The van der Waals surface area contributed by atoms with E-state index in [-0.39, 0.29) is 22.4 Å². The molecule has 0 radical (unpaired) electrons. The van der Waals surface area contributed by atoms with Crippen LogP contribution in [0.15, 0.2) is 0 Å². The summed E-state index contributed by atoms with van der Waals surface area (Å²) < 4.78 is 16.8. The molecule has 3 rings (SSSR count). The van der Waals surface area contributed by atoms with E-state index in [1.54, 1.807) is 0 Å². The van der Waals surface area contributed by atoms with Crippen LogP contribution in [0.2, 0.25) is 0 Å². The van der Waals surface area contributed by atoms with Crippen molar-refractivity contribution in [1.29, 1.82) is 0 Å². The molecule has 3 aliphatic rings. The smallest absolute Gasteiger partial charge is 0.0663 e. The van der Waals surface area contributed by atoms with Gasteiger partial charge in [-0.15, -0.1) is 0 Å². The fourth-order valence-electron chi connectivity index (χ4n) is 2.32. The SMILES string of the molecule is CC(C)(C)OC1(C)CC1.CC(C)(C)OCC1CC1.CC(C)(C)OCC1CC1. The zero-order valence-corrected chi connectivity index (χ0v) is 20.0. The zero-order valence-electron chi connectivity index (χ0n) is 20.0. The monoisotopic (exact) mass is 384 g/mol. The van der Waals surface area contributed by atoms with Gasteiger partial charge in [-0.25, -0.2) is 0 Å². The van der Waals surface area contributed by atoms with Crippen molar-refractivity contribution in [2.24, 2.45) is 11.8 Å². The Morgan fingerprint density at radius 1 is 0.630 bits per heavy atom. The van der Waals surface area contributed by atoms with Crippen molar-refractivity contribution in [1.82, 2.24) is 0 Å². The van der Waals surface area contributed by atoms with Crippen molar-refractivity contribution < 1.29 is 14.2 Å². The molecule has 0 aromatic carbocycles. The highest BCUT2D eigenvalue weighted by atomic mass is 16.5. The molecule has 0 N–H and O–H groups in total. The first-order valence-electron chi connectivity index (χ1n) is 11.1. The molecular weight excluding hydrogens is 336 g/mol. The number of hydrogen-bond acceptors (Lipinski definition) is 3. The third-order valence-electron chi connectivity index (χ3n) is 4.40. The van der Waals surface area contributed by atoms with Gasteiger partial charge in [-0.3, -0.25) is 0 Å². The van der Waals surface area contributed by atoms with Gasteiger partial charge in [0.2, 0.25) is 0 Å². The average molecular weight is 385 g/mol. The molecule has 162 valence electrons. The van der Waals surface area contributed by atoms with Gasteiger partial charge in [0.25, 0.3) is 0 Å². The molecule has 0 heterocycles. The maximum Gasteiger partial charge on any atom is 0.0663 e. The van der Waals surface area contributed by atoms with E-state index < -0.39 is 0 Å². The lowest BCUT2D eigenvalue weighted by Crippen LogP contribution is -2.26. The van der Waals surface area contributed by atoms with Gasteiger partial charge in [0.15, 0.2) is 0 Å². The van der Waals surface area contributed by atoms with Crippen molar-refractivity contribution in [3.8, 4) is 0 Å². The van der Waals surface area contributed by atoms with Crippen LogP contribution in [0.5, 0.6) is 0 Å². The lowest BCUT2D eigenvalue weighted by atomic mass is 10.2. The van der Waals surface area contributed by atoms with Crippen molar-refractivity contribution >= 4 is 0 Å². The van der Waals surface area contributed by atoms with Crippen LogP contribution in [0.1, 0.15) is 108 Å². The van der Waals surface area contributed by atoms with Crippen molar-refractivity contribution in [2.75, 3.05) is 13.2 Å². The highest BCUT2D eigenvalue weighted by Crippen LogP contribution is 2.41. The molecule has 27 heavy (non-hydrogen) atoms. The van der Waals surface area contributed by atoms with E-state index in [0.29, 0.717) is 0 Å². The molecule has 0 spiro atoms. The first-order valence-corrected chi connectivity index (χ1v) is 11.1. The summed E-state index contributed by atoms with van der Waals surface area (Å²) >= 11 is 0. The molecule has 0 aromatic rings. The number of ether oxygens (including phenoxy) is 3. The third-order valence-corrected chi connectivity index (χ3v) is 4.40. The predicted octanol–water partition coefficient (Wildman–Crippen LogP) is 6.78. The van der Waals surface area contributed by atoms with Crippen LogP contribution in [0.4, 0.5) is 0 Å². The molecule has 0 unspecified atom stereocenters. The Bertz CT molecular complexity index is 381. The van der Waals surface area contributed by atoms with Crippen LogP contribution >= 0.6 is 0 Å². The highest BCUT2D eigenvalue weighted by Gasteiger charge is 2.41. The molecule has 0 amide bonds. The lowest BCUT2D eigenvalue weighted by Gasteiger charge is -2.24. The van der Waals surface area contributed by atoms with E-state index in [1.165, 1.54) is 38.5 Å².